The molecular formula is C20H25N5OS. The van der Waals surface area contributed by atoms with Crippen molar-refractivity contribution in [1.29, 1.82) is 0 Å². The molecular weight excluding hydrogens is 358 g/mol. The summed E-state index contributed by atoms with van der Waals surface area (Å²) in [7, 11) is 3.76. The number of amides is 1. The summed E-state index contributed by atoms with van der Waals surface area (Å²) in [6, 6.07) is 6.80. The van der Waals surface area contributed by atoms with E-state index in [-0.39, 0.29) is 11.9 Å². The van der Waals surface area contributed by atoms with Gasteiger partial charge < -0.3 is 14.4 Å². The Kier molecular flexibility index (Phi) is 4.86. The molecule has 0 bridgehead atoms. The molecule has 1 aliphatic rings. The lowest BCUT2D eigenvalue weighted by Crippen LogP contribution is -2.46. The maximum atomic E-state index is 12.7. The van der Waals surface area contributed by atoms with Gasteiger partial charge in [-0.2, -0.15) is 0 Å². The highest BCUT2D eigenvalue weighted by atomic mass is 32.1. The van der Waals surface area contributed by atoms with Crippen molar-refractivity contribution >= 4 is 32.6 Å². The van der Waals surface area contributed by atoms with Gasteiger partial charge in [-0.1, -0.05) is 24.3 Å². The van der Waals surface area contributed by atoms with E-state index in [4.69, 9.17) is 4.98 Å². The van der Waals surface area contributed by atoms with Crippen LogP contribution in [-0.2, 0) is 13.5 Å². The van der Waals surface area contributed by atoms with E-state index < -0.39 is 0 Å². The molecule has 3 aromatic rings. The first-order valence-electron chi connectivity index (χ1n) is 9.44. The third-order valence-electron chi connectivity index (χ3n) is 5.49. The number of nitrogens with zero attached hydrogens (tertiary/aromatic N) is 5. The number of fused-ring (bicyclic) bond motifs is 1. The average Bonchev–Trinajstić information content (AvgIpc) is 3.32. The van der Waals surface area contributed by atoms with Gasteiger partial charge in [0.25, 0.3) is 5.91 Å². The second-order valence-electron chi connectivity index (χ2n) is 7.18. The topological polar surface area (TPSA) is 54.3 Å². The molecule has 1 fully saturated rings. The van der Waals surface area contributed by atoms with E-state index in [1.165, 1.54) is 10.3 Å². The second kappa shape index (κ2) is 7.31. The minimum Gasteiger partial charge on any atom is -0.348 e. The summed E-state index contributed by atoms with van der Waals surface area (Å²) < 4.78 is 3.04. The Balaban J connectivity index is 1.43. The van der Waals surface area contributed by atoms with Gasteiger partial charge in [0, 0.05) is 33.2 Å². The molecule has 142 valence electrons. The number of hydrogen-bond acceptors (Lipinski definition) is 5. The van der Waals surface area contributed by atoms with Crippen molar-refractivity contribution in [2.45, 2.75) is 32.2 Å². The largest absolute Gasteiger partial charge is 0.348 e. The molecule has 0 saturated carbocycles. The number of aromatic nitrogens is 3. The number of aryl methyl sites for hydroxylation is 2. The summed E-state index contributed by atoms with van der Waals surface area (Å²) in [5.41, 5.74) is 3.07. The van der Waals surface area contributed by atoms with Gasteiger partial charge in [0.15, 0.2) is 5.13 Å². The third kappa shape index (κ3) is 3.43. The van der Waals surface area contributed by atoms with Crippen molar-refractivity contribution in [3.05, 3.63) is 42.0 Å². The van der Waals surface area contributed by atoms with Crippen molar-refractivity contribution in [2.75, 3.05) is 25.0 Å². The Labute approximate surface area is 163 Å². The van der Waals surface area contributed by atoms with E-state index in [0.717, 1.165) is 43.0 Å². The van der Waals surface area contributed by atoms with Crippen LogP contribution in [0.5, 0.6) is 0 Å². The third-order valence-corrected chi connectivity index (χ3v) is 6.57. The Morgan fingerprint density at radius 3 is 2.78 bits per heavy atom. The summed E-state index contributed by atoms with van der Waals surface area (Å²) in [4.78, 5) is 25.8. The zero-order chi connectivity index (χ0) is 19.0. The first-order chi connectivity index (χ1) is 13.1. The van der Waals surface area contributed by atoms with Crippen molar-refractivity contribution in [3.8, 4) is 0 Å². The number of carbonyl (C=O) groups is 1. The van der Waals surface area contributed by atoms with Gasteiger partial charge in [-0.3, -0.25) is 4.79 Å². The molecule has 27 heavy (non-hydrogen) atoms. The quantitative estimate of drug-likeness (QED) is 0.693. The molecule has 1 amide bonds. The number of imidazole rings is 1. The van der Waals surface area contributed by atoms with Crippen LogP contribution in [-0.4, -0.2) is 51.5 Å². The fourth-order valence-electron chi connectivity index (χ4n) is 3.67. The summed E-state index contributed by atoms with van der Waals surface area (Å²) in [6.45, 7) is 4.03. The van der Waals surface area contributed by atoms with Crippen LogP contribution in [0.25, 0.3) is 10.2 Å². The van der Waals surface area contributed by atoms with Crippen LogP contribution in [0.3, 0.4) is 0 Å². The molecule has 4 rings (SSSR count). The molecule has 0 aliphatic carbocycles. The number of hydrogen-bond donors (Lipinski definition) is 0. The summed E-state index contributed by atoms with van der Waals surface area (Å²) in [5.74, 6) is 0.0422. The lowest BCUT2D eigenvalue weighted by Gasteiger charge is -2.36. The van der Waals surface area contributed by atoms with Crippen LogP contribution < -0.4 is 4.90 Å². The molecule has 1 aromatic carbocycles. The Hall–Kier alpha value is -2.41. The number of piperidine rings is 1. The highest BCUT2D eigenvalue weighted by molar-refractivity contribution is 7.22. The molecule has 1 saturated heterocycles. The minimum atomic E-state index is 0.0422. The predicted octanol–water partition coefficient (Wildman–Crippen LogP) is 3.33. The fourth-order valence-corrected chi connectivity index (χ4v) is 4.75. The van der Waals surface area contributed by atoms with Crippen LogP contribution in [0.15, 0.2) is 30.7 Å². The fraction of sp³-hybridized carbons (Fsp3) is 0.450. The molecule has 6 nitrogen and oxygen atoms in total. The number of carbonyl (C=O) groups excluding carboxylic acids is 1. The smallest absolute Gasteiger partial charge is 0.272 e. The number of thiazole rings is 1. The predicted molar refractivity (Wildman–Crippen MR) is 110 cm³/mol. The Morgan fingerprint density at radius 2 is 2.11 bits per heavy atom. The molecule has 0 unspecified atom stereocenters. The van der Waals surface area contributed by atoms with Gasteiger partial charge in [-0.15, -0.1) is 0 Å². The number of rotatable bonds is 4. The zero-order valence-electron chi connectivity index (χ0n) is 16.1. The summed E-state index contributed by atoms with van der Waals surface area (Å²) in [5, 5.41) is 1.09. The Bertz CT molecular complexity index is 954. The molecule has 0 spiro atoms. The molecule has 0 radical (unpaired) electrons. The molecule has 0 atom stereocenters. The molecule has 3 heterocycles. The van der Waals surface area contributed by atoms with Gasteiger partial charge in [-0.25, -0.2) is 9.97 Å². The van der Waals surface area contributed by atoms with E-state index >= 15 is 0 Å². The van der Waals surface area contributed by atoms with Crippen LogP contribution in [0, 0.1) is 0 Å². The van der Waals surface area contributed by atoms with Crippen LogP contribution >= 0.6 is 11.3 Å². The van der Waals surface area contributed by atoms with Crippen molar-refractivity contribution in [2.24, 2.45) is 7.05 Å². The van der Waals surface area contributed by atoms with E-state index in [0.29, 0.717) is 5.69 Å². The van der Waals surface area contributed by atoms with Gasteiger partial charge in [0.1, 0.15) is 5.69 Å². The van der Waals surface area contributed by atoms with Crippen LogP contribution in [0.4, 0.5) is 5.13 Å². The van der Waals surface area contributed by atoms with Gasteiger partial charge in [0.2, 0.25) is 0 Å². The minimum absolute atomic E-state index is 0.0422. The lowest BCUT2D eigenvalue weighted by atomic mass is 10.0. The summed E-state index contributed by atoms with van der Waals surface area (Å²) >= 11 is 1.77. The molecule has 7 heteroatoms. The van der Waals surface area contributed by atoms with Crippen LogP contribution in [0.1, 0.15) is 35.8 Å². The van der Waals surface area contributed by atoms with Crippen LogP contribution in [0.2, 0.25) is 0 Å². The monoisotopic (exact) mass is 383 g/mol. The van der Waals surface area contributed by atoms with Gasteiger partial charge >= 0.3 is 0 Å². The SMILES string of the molecule is CCc1ccc2nc(N3CCC(N(C)C(=O)c4cncn4C)CC3)sc2c1. The van der Waals surface area contributed by atoms with E-state index in [1.54, 1.807) is 28.4 Å². The number of benzene rings is 1. The van der Waals surface area contributed by atoms with E-state index in [2.05, 4.69) is 35.0 Å². The number of anilines is 1. The maximum Gasteiger partial charge on any atom is 0.272 e. The van der Waals surface area contributed by atoms with E-state index in [1.807, 2.05) is 19.0 Å². The van der Waals surface area contributed by atoms with Gasteiger partial charge in [-0.05, 0) is 37.0 Å². The summed E-state index contributed by atoms with van der Waals surface area (Å²) in [6.07, 6.45) is 6.26. The normalized spacial score (nSPS) is 15.4. The highest BCUT2D eigenvalue weighted by Gasteiger charge is 2.28. The highest BCUT2D eigenvalue weighted by Crippen LogP contribution is 2.32. The molecule has 0 N–H and O–H groups in total. The van der Waals surface area contributed by atoms with Crippen molar-refractivity contribution in [1.82, 2.24) is 19.4 Å². The van der Waals surface area contributed by atoms with Gasteiger partial charge in [0.05, 0.1) is 22.7 Å². The lowest BCUT2D eigenvalue weighted by molar-refractivity contribution is 0.0699. The molecule has 1 aliphatic heterocycles. The Morgan fingerprint density at radius 1 is 1.33 bits per heavy atom. The van der Waals surface area contributed by atoms with Crippen molar-refractivity contribution < 1.29 is 4.79 Å². The second-order valence-corrected chi connectivity index (χ2v) is 8.19. The van der Waals surface area contributed by atoms with Crippen molar-refractivity contribution in [3.63, 3.8) is 0 Å². The van der Waals surface area contributed by atoms with E-state index in [9.17, 15) is 4.79 Å². The first kappa shape index (κ1) is 18.0. The molecule has 2 aromatic heterocycles. The average molecular weight is 384 g/mol. The standard InChI is InChI=1S/C20H25N5OS/c1-4-14-5-6-16-18(11-14)27-20(22-16)25-9-7-15(8-10-25)24(3)19(26)17-12-21-13-23(17)2/h5-6,11-13,15H,4,7-10H2,1-3H3. The zero-order valence-corrected chi connectivity index (χ0v) is 16.9. The first-order valence-corrected chi connectivity index (χ1v) is 10.3. The maximum absolute atomic E-state index is 12.7.